The second kappa shape index (κ2) is 4.43. The SMILES string of the molecule is CC(Cl)C(O)(CO)c1ccc(F)cc1F. The van der Waals surface area contributed by atoms with Crippen LogP contribution in [0.4, 0.5) is 8.78 Å². The number of aliphatic hydroxyl groups excluding tert-OH is 1. The highest BCUT2D eigenvalue weighted by Crippen LogP contribution is 2.30. The van der Waals surface area contributed by atoms with Crippen molar-refractivity contribution in [3.05, 3.63) is 35.4 Å². The summed E-state index contributed by atoms with van der Waals surface area (Å²) < 4.78 is 25.9. The van der Waals surface area contributed by atoms with Gasteiger partial charge >= 0.3 is 0 Å². The van der Waals surface area contributed by atoms with Gasteiger partial charge in [-0.25, -0.2) is 8.78 Å². The second-order valence-electron chi connectivity index (χ2n) is 3.32. The fourth-order valence-corrected chi connectivity index (χ4v) is 1.45. The molecule has 2 N–H and O–H groups in total. The molecule has 0 saturated carbocycles. The molecular formula is C10H11ClF2O2. The molecule has 0 spiro atoms. The van der Waals surface area contributed by atoms with Crippen LogP contribution in [0.1, 0.15) is 12.5 Å². The van der Waals surface area contributed by atoms with Crippen LogP contribution in [-0.2, 0) is 5.60 Å². The topological polar surface area (TPSA) is 40.5 Å². The first-order chi connectivity index (χ1) is 6.91. The molecule has 0 heterocycles. The number of rotatable bonds is 3. The van der Waals surface area contributed by atoms with Crippen molar-refractivity contribution < 1.29 is 19.0 Å². The third kappa shape index (κ3) is 2.27. The summed E-state index contributed by atoms with van der Waals surface area (Å²) in [6, 6.07) is 2.70. The molecule has 2 unspecified atom stereocenters. The van der Waals surface area contributed by atoms with Gasteiger partial charge in [-0.15, -0.1) is 11.6 Å². The lowest BCUT2D eigenvalue weighted by atomic mass is 9.91. The molecule has 0 amide bonds. The lowest BCUT2D eigenvalue weighted by Crippen LogP contribution is -2.39. The molecule has 0 aliphatic carbocycles. The highest BCUT2D eigenvalue weighted by atomic mass is 35.5. The van der Waals surface area contributed by atoms with E-state index < -0.39 is 29.2 Å². The lowest BCUT2D eigenvalue weighted by molar-refractivity contribution is -0.0216. The Balaban J connectivity index is 3.24. The summed E-state index contributed by atoms with van der Waals surface area (Å²) in [6.45, 7) is 0.681. The van der Waals surface area contributed by atoms with Gasteiger partial charge in [0.15, 0.2) is 0 Å². The zero-order chi connectivity index (χ0) is 11.6. The van der Waals surface area contributed by atoms with Crippen LogP contribution < -0.4 is 0 Å². The van der Waals surface area contributed by atoms with E-state index in [1.807, 2.05) is 0 Å². The van der Waals surface area contributed by atoms with Crippen molar-refractivity contribution in [2.45, 2.75) is 17.9 Å². The molecule has 1 aromatic carbocycles. The molecule has 0 bridgehead atoms. The van der Waals surface area contributed by atoms with Gasteiger partial charge in [-0.3, -0.25) is 0 Å². The minimum Gasteiger partial charge on any atom is -0.393 e. The maximum absolute atomic E-state index is 13.3. The number of halogens is 3. The van der Waals surface area contributed by atoms with E-state index in [9.17, 15) is 13.9 Å². The molecule has 0 aliphatic heterocycles. The van der Waals surface area contributed by atoms with Gasteiger partial charge in [-0.1, -0.05) is 6.07 Å². The fourth-order valence-electron chi connectivity index (χ4n) is 1.27. The molecule has 0 aliphatic rings. The normalized spacial score (nSPS) is 17.2. The van der Waals surface area contributed by atoms with Crippen LogP contribution in [0.3, 0.4) is 0 Å². The fraction of sp³-hybridized carbons (Fsp3) is 0.400. The maximum atomic E-state index is 13.3. The molecule has 5 heteroatoms. The first kappa shape index (κ1) is 12.4. The Bertz CT molecular complexity index is 357. The van der Waals surface area contributed by atoms with Crippen molar-refractivity contribution in [1.29, 1.82) is 0 Å². The van der Waals surface area contributed by atoms with Crippen LogP contribution in [0.2, 0.25) is 0 Å². The molecule has 2 atom stereocenters. The monoisotopic (exact) mass is 236 g/mol. The number of alkyl halides is 1. The smallest absolute Gasteiger partial charge is 0.132 e. The summed E-state index contributed by atoms with van der Waals surface area (Å²) in [5.41, 5.74) is -2.12. The van der Waals surface area contributed by atoms with Crippen LogP contribution in [0.25, 0.3) is 0 Å². The van der Waals surface area contributed by atoms with E-state index in [4.69, 9.17) is 16.7 Å². The minimum atomic E-state index is -1.90. The molecule has 1 rings (SSSR count). The van der Waals surface area contributed by atoms with Crippen molar-refractivity contribution in [3.8, 4) is 0 Å². The Labute approximate surface area is 91.1 Å². The van der Waals surface area contributed by atoms with E-state index in [1.165, 1.54) is 6.92 Å². The van der Waals surface area contributed by atoms with Gasteiger partial charge in [0.1, 0.15) is 17.2 Å². The van der Waals surface area contributed by atoms with Crippen LogP contribution in [-0.4, -0.2) is 22.2 Å². The van der Waals surface area contributed by atoms with Gasteiger partial charge in [0, 0.05) is 11.6 Å². The number of hydrogen-bond donors (Lipinski definition) is 2. The molecule has 0 radical (unpaired) electrons. The van der Waals surface area contributed by atoms with E-state index in [2.05, 4.69) is 0 Å². The van der Waals surface area contributed by atoms with Gasteiger partial charge in [-0.05, 0) is 13.0 Å². The zero-order valence-corrected chi connectivity index (χ0v) is 8.80. The van der Waals surface area contributed by atoms with Crippen molar-refractivity contribution >= 4 is 11.6 Å². The van der Waals surface area contributed by atoms with Gasteiger partial charge in [-0.2, -0.15) is 0 Å². The highest BCUT2D eigenvalue weighted by Gasteiger charge is 2.36. The first-order valence-corrected chi connectivity index (χ1v) is 4.78. The largest absolute Gasteiger partial charge is 0.393 e. The number of aliphatic hydroxyl groups is 2. The molecule has 0 saturated heterocycles. The summed E-state index contributed by atoms with van der Waals surface area (Å²) in [5, 5.41) is 18.0. The van der Waals surface area contributed by atoms with Gasteiger partial charge in [0.25, 0.3) is 0 Å². The molecule has 15 heavy (non-hydrogen) atoms. The van der Waals surface area contributed by atoms with Crippen molar-refractivity contribution in [1.82, 2.24) is 0 Å². The molecule has 2 nitrogen and oxygen atoms in total. The molecule has 1 aromatic rings. The van der Waals surface area contributed by atoms with E-state index in [-0.39, 0.29) is 5.56 Å². The molecule has 0 aromatic heterocycles. The average molecular weight is 237 g/mol. The predicted octanol–water partition coefficient (Wildman–Crippen LogP) is 1.77. The van der Waals surface area contributed by atoms with E-state index in [0.29, 0.717) is 6.07 Å². The quantitative estimate of drug-likeness (QED) is 0.786. The van der Waals surface area contributed by atoms with Crippen molar-refractivity contribution in [2.24, 2.45) is 0 Å². The summed E-state index contributed by atoms with van der Waals surface area (Å²) in [5.74, 6) is -1.68. The Morgan fingerprint density at radius 2 is 2.07 bits per heavy atom. The van der Waals surface area contributed by atoms with Crippen LogP contribution in [0.15, 0.2) is 18.2 Å². The standard InChI is InChI=1S/C10H11ClF2O2/c1-6(11)10(15,5-14)8-3-2-7(12)4-9(8)13/h2-4,6,14-15H,5H2,1H3. The summed E-state index contributed by atoms with van der Waals surface area (Å²) in [7, 11) is 0. The Hall–Kier alpha value is -0.710. The van der Waals surface area contributed by atoms with E-state index in [0.717, 1.165) is 12.1 Å². The highest BCUT2D eigenvalue weighted by molar-refractivity contribution is 6.21. The minimum absolute atomic E-state index is 0.214. The van der Waals surface area contributed by atoms with Crippen LogP contribution >= 0.6 is 11.6 Å². The van der Waals surface area contributed by atoms with Crippen LogP contribution in [0.5, 0.6) is 0 Å². The Kier molecular flexibility index (Phi) is 3.65. The number of benzene rings is 1. The average Bonchev–Trinajstić information content (AvgIpc) is 2.16. The third-order valence-corrected chi connectivity index (χ3v) is 2.66. The molecule has 0 fully saturated rings. The predicted molar refractivity (Wildman–Crippen MR) is 52.7 cm³/mol. The lowest BCUT2D eigenvalue weighted by Gasteiger charge is -2.29. The summed E-state index contributed by atoms with van der Waals surface area (Å²) >= 11 is 5.66. The Morgan fingerprint density at radius 1 is 1.47 bits per heavy atom. The van der Waals surface area contributed by atoms with Gasteiger partial charge < -0.3 is 10.2 Å². The van der Waals surface area contributed by atoms with E-state index >= 15 is 0 Å². The zero-order valence-electron chi connectivity index (χ0n) is 8.04. The third-order valence-electron chi connectivity index (χ3n) is 2.30. The van der Waals surface area contributed by atoms with E-state index in [1.54, 1.807) is 0 Å². The van der Waals surface area contributed by atoms with Crippen molar-refractivity contribution in [3.63, 3.8) is 0 Å². The Morgan fingerprint density at radius 3 is 2.47 bits per heavy atom. The second-order valence-corrected chi connectivity index (χ2v) is 3.98. The maximum Gasteiger partial charge on any atom is 0.132 e. The van der Waals surface area contributed by atoms with Gasteiger partial charge in [0.05, 0.1) is 12.0 Å². The summed E-state index contributed by atoms with van der Waals surface area (Å²) in [6.07, 6.45) is 0. The van der Waals surface area contributed by atoms with Crippen LogP contribution in [0, 0.1) is 11.6 Å². The molecular weight excluding hydrogens is 226 g/mol. The van der Waals surface area contributed by atoms with Gasteiger partial charge in [0.2, 0.25) is 0 Å². The summed E-state index contributed by atoms with van der Waals surface area (Å²) in [4.78, 5) is 0. The first-order valence-electron chi connectivity index (χ1n) is 4.34. The number of hydrogen-bond acceptors (Lipinski definition) is 2. The molecule has 84 valence electrons. The van der Waals surface area contributed by atoms with Crippen molar-refractivity contribution in [2.75, 3.05) is 6.61 Å².